The Morgan fingerprint density at radius 2 is 1.88 bits per heavy atom. The highest BCUT2D eigenvalue weighted by molar-refractivity contribution is 5.84. The van der Waals surface area contributed by atoms with Crippen molar-refractivity contribution in [3.63, 3.8) is 0 Å². The third kappa shape index (κ3) is 5.56. The van der Waals surface area contributed by atoms with Gasteiger partial charge in [-0.2, -0.15) is 13.2 Å². The maximum absolute atomic E-state index is 12.0. The van der Waals surface area contributed by atoms with Gasteiger partial charge in [-0.25, -0.2) is 15.0 Å². The predicted octanol–water partition coefficient (Wildman–Crippen LogP) is -0.408. The SMILES string of the molecule is NC(=NCC(=O)NCC(F)(F)F)N1CCN(c2ncccn2)CC1. The fraction of sp³-hybridized carbons (Fsp3) is 0.538. The molecule has 11 heteroatoms. The molecule has 1 amide bonds. The molecule has 1 aliphatic rings. The number of hydrogen-bond donors (Lipinski definition) is 2. The quantitative estimate of drug-likeness (QED) is 0.569. The van der Waals surface area contributed by atoms with Gasteiger partial charge in [-0.05, 0) is 6.07 Å². The Balaban J connectivity index is 1.77. The zero-order valence-electron chi connectivity index (χ0n) is 12.8. The van der Waals surface area contributed by atoms with E-state index in [0.717, 1.165) is 0 Å². The molecule has 0 aliphatic carbocycles. The minimum absolute atomic E-state index is 0.130. The van der Waals surface area contributed by atoms with Crippen molar-refractivity contribution in [1.29, 1.82) is 0 Å². The van der Waals surface area contributed by atoms with E-state index in [1.165, 1.54) is 0 Å². The lowest BCUT2D eigenvalue weighted by Gasteiger charge is -2.35. The van der Waals surface area contributed by atoms with Gasteiger partial charge in [0, 0.05) is 38.6 Å². The molecule has 0 radical (unpaired) electrons. The first kappa shape index (κ1) is 17.8. The molecule has 2 rings (SSSR count). The van der Waals surface area contributed by atoms with Crippen LogP contribution in [-0.4, -0.2) is 72.2 Å². The third-order valence-electron chi connectivity index (χ3n) is 3.31. The number of carbonyl (C=O) groups is 1. The number of carbonyl (C=O) groups excluding carboxylic acids is 1. The molecule has 8 nitrogen and oxygen atoms in total. The van der Waals surface area contributed by atoms with E-state index >= 15 is 0 Å². The van der Waals surface area contributed by atoms with Crippen molar-refractivity contribution in [3.05, 3.63) is 18.5 Å². The highest BCUT2D eigenvalue weighted by atomic mass is 19.4. The Kier molecular flexibility index (Phi) is 5.77. The monoisotopic (exact) mass is 345 g/mol. The standard InChI is InChI=1S/C13H18F3N7O/c14-13(15,16)9-21-10(24)8-20-11(17)22-4-6-23(7-5-22)12-18-2-1-3-19-12/h1-3H,4-9H2,(H2,17,20)(H,21,24). The lowest BCUT2D eigenvalue weighted by atomic mass is 10.3. The van der Waals surface area contributed by atoms with Gasteiger partial charge in [0.1, 0.15) is 13.1 Å². The molecule has 0 bridgehead atoms. The average molecular weight is 345 g/mol. The van der Waals surface area contributed by atoms with E-state index in [-0.39, 0.29) is 5.96 Å². The maximum Gasteiger partial charge on any atom is 0.405 e. The van der Waals surface area contributed by atoms with E-state index < -0.39 is 25.2 Å². The molecule has 1 saturated heterocycles. The van der Waals surface area contributed by atoms with Crippen LogP contribution in [0.3, 0.4) is 0 Å². The molecule has 1 aromatic heterocycles. The van der Waals surface area contributed by atoms with Gasteiger partial charge in [0.2, 0.25) is 11.9 Å². The summed E-state index contributed by atoms with van der Waals surface area (Å²) in [5, 5.41) is 1.74. The van der Waals surface area contributed by atoms with Crippen molar-refractivity contribution in [2.75, 3.05) is 44.2 Å². The van der Waals surface area contributed by atoms with Crippen molar-refractivity contribution in [1.82, 2.24) is 20.2 Å². The second kappa shape index (κ2) is 7.79. The van der Waals surface area contributed by atoms with Crippen molar-refractivity contribution in [2.45, 2.75) is 6.18 Å². The van der Waals surface area contributed by atoms with Crippen LogP contribution in [0.2, 0.25) is 0 Å². The molecule has 2 heterocycles. The van der Waals surface area contributed by atoms with Crippen LogP contribution >= 0.6 is 0 Å². The van der Waals surface area contributed by atoms with Gasteiger partial charge < -0.3 is 20.9 Å². The largest absolute Gasteiger partial charge is 0.405 e. The molecule has 1 fully saturated rings. The Bertz CT molecular complexity index is 571. The lowest BCUT2D eigenvalue weighted by Crippen LogP contribution is -2.51. The summed E-state index contributed by atoms with van der Waals surface area (Å²) >= 11 is 0. The first-order valence-electron chi connectivity index (χ1n) is 7.25. The van der Waals surface area contributed by atoms with Crippen LogP contribution in [0.25, 0.3) is 0 Å². The van der Waals surface area contributed by atoms with E-state index in [2.05, 4.69) is 15.0 Å². The zero-order valence-corrected chi connectivity index (χ0v) is 12.8. The summed E-state index contributed by atoms with van der Waals surface area (Å²) in [7, 11) is 0. The average Bonchev–Trinajstić information content (AvgIpc) is 2.58. The number of hydrogen-bond acceptors (Lipinski definition) is 5. The highest BCUT2D eigenvalue weighted by Gasteiger charge is 2.27. The molecule has 0 saturated carbocycles. The number of nitrogens with one attached hydrogen (secondary N) is 1. The summed E-state index contributed by atoms with van der Waals surface area (Å²) in [6, 6.07) is 1.73. The molecule has 24 heavy (non-hydrogen) atoms. The Morgan fingerprint density at radius 1 is 1.25 bits per heavy atom. The van der Waals surface area contributed by atoms with E-state index in [0.29, 0.717) is 32.1 Å². The number of rotatable bonds is 4. The molecule has 1 aromatic rings. The van der Waals surface area contributed by atoms with Crippen LogP contribution in [0, 0.1) is 0 Å². The van der Waals surface area contributed by atoms with Crippen LogP contribution < -0.4 is 16.0 Å². The minimum Gasteiger partial charge on any atom is -0.370 e. The molecule has 0 aromatic carbocycles. The van der Waals surface area contributed by atoms with Crippen molar-refractivity contribution in [2.24, 2.45) is 10.7 Å². The first-order valence-corrected chi connectivity index (χ1v) is 7.25. The number of aromatic nitrogens is 2. The molecule has 132 valence electrons. The third-order valence-corrected chi connectivity index (χ3v) is 3.31. The van der Waals surface area contributed by atoms with Crippen LogP contribution in [0.1, 0.15) is 0 Å². The second-order valence-corrected chi connectivity index (χ2v) is 5.09. The number of anilines is 1. The number of nitrogens with zero attached hydrogens (tertiary/aromatic N) is 5. The number of piperazine rings is 1. The fourth-order valence-electron chi connectivity index (χ4n) is 2.10. The Hall–Kier alpha value is -2.59. The number of halogens is 3. The number of nitrogens with two attached hydrogens (primary N) is 1. The Labute approximate surface area is 136 Å². The minimum atomic E-state index is -4.44. The number of alkyl halides is 3. The normalized spacial score (nSPS) is 16.2. The molecule has 0 unspecified atom stereocenters. The van der Waals surface area contributed by atoms with Gasteiger partial charge >= 0.3 is 6.18 Å². The van der Waals surface area contributed by atoms with Crippen LogP contribution in [0.4, 0.5) is 19.1 Å². The fourth-order valence-corrected chi connectivity index (χ4v) is 2.10. The molecule has 1 aliphatic heterocycles. The van der Waals surface area contributed by atoms with Crippen LogP contribution in [0.15, 0.2) is 23.5 Å². The summed E-state index contributed by atoms with van der Waals surface area (Å²) in [5.41, 5.74) is 5.79. The molecule has 3 N–H and O–H groups in total. The predicted molar refractivity (Wildman–Crippen MR) is 81.4 cm³/mol. The first-order chi connectivity index (χ1) is 11.3. The topological polar surface area (TPSA) is 99.7 Å². The van der Waals surface area contributed by atoms with Crippen molar-refractivity contribution < 1.29 is 18.0 Å². The van der Waals surface area contributed by atoms with Gasteiger partial charge in [-0.1, -0.05) is 0 Å². The summed E-state index contributed by atoms with van der Waals surface area (Å²) < 4.78 is 36.0. The lowest BCUT2D eigenvalue weighted by molar-refractivity contribution is -0.137. The molecular weight excluding hydrogens is 327 g/mol. The van der Waals surface area contributed by atoms with E-state index in [1.54, 1.807) is 28.7 Å². The Morgan fingerprint density at radius 3 is 2.46 bits per heavy atom. The second-order valence-electron chi connectivity index (χ2n) is 5.09. The molecular formula is C13H18F3N7O. The van der Waals surface area contributed by atoms with Gasteiger partial charge in [0.25, 0.3) is 0 Å². The molecule has 0 atom stereocenters. The summed E-state index contributed by atoms with van der Waals surface area (Å²) in [6.07, 6.45) is -1.13. The van der Waals surface area contributed by atoms with Gasteiger partial charge in [-0.15, -0.1) is 0 Å². The maximum atomic E-state index is 12.0. The van der Waals surface area contributed by atoms with Crippen molar-refractivity contribution in [3.8, 4) is 0 Å². The van der Waals surface area contributed by atoms with E-state index in [4.69, 9.17) is 5.73 Å². The van der Waals surface area contributed by atoms with Crippen LogP contribution in [-0.2, 0) is 4.79 Å². The van der Waals surface area contributed by atoms with Gasteiger partial charge in [0.15, 0.2) is 5.96 Å². The number of aliphatic imine (C=N–C) groups is 1. The van der Waals surface area contributed by atoms with Crippen LogP contribution in [0.5, 0.6) is 0 Å². The molecule has 0 spiro atoms. The summed E-state index contributed by atoms with van der Waals surface area (Å²) in [4.78, 5) is 27.2. The van der Waals surface area contributed by atoms with Gasteiger partial charge in [-0.3, -0.25) is 4.79 Å². The highest BCUT2D eigenvalue weighted by Crippen LogP contribution is 2.12. The van der Waals surface area contributed by atoms with E-state index in [1.807, 2.05) is 4.90 Å². The summed E-state index contributed by atoms with van der Waals surface area (Å²) in [5.74, 6) is -0.0726. The van der Waals surface area contributed by atoms with Gasteiger partial charge in [0.05, 0.1) is 0 Å². The summed E-state index contributed by atoms with van der Waals surface area (Å²) in [6.45, 7) is 0.539. The number of guanidine groups is 1. The zero-order chi connectivity index (χ0) is 17.6. The van der Waals surface area contributed by atoms with Crippen molar-refractivity contribution >= 4 is 17.8 Å². The smallest absolute Gasteiger partial charge is 0.370 e. The number of amides is 1. The van der Waals surface area contributed by atoms with E-state index in [9.17, 15) is 18.0 Å².